The maximum atomic E-state index is 12.2. The van der Waals surface area contributed by atoms with Crippen molar-refractivity contribution >= 4 is 17.5 Å². The molecule has 22 heavy (non-hydrogen) atoms. The average Bonchev–Trinajstić information content (AvgIpc) is 2.52. The number of hydrogen-bond acceptors (Lipinski definition) is 3. The van der Waals surface area contributed by atoms with Gasteiger partial charge in [-0.1, -0.05) is 25.4 Å². The first kappa shape index (κ1) is 17.1. The Bertz CT molecular complexity index is 468. The van der Waals surface area contributed by atoms with Crippen molar-refractivity contribution < 1.29 is 9.53 Å². The Hall–Kier alpha value is -1.26. The van der Waals surface area contributed by atoms with Crippen LogP contribution in [0.15, 0.2) is 24.3 Å². The number of hydrogen-bond donors (Lipinski definition) is 0. The maximum Gasteiger partial charge on any atom is 0.260 e. The summed E-state index contributed by atoms with van der Waals surface area (Å²) in [4.78, 5) is 16.5. The molecule has 1 amide bonds. The molecule has 0 atom stereocenters. The lowest BCUT2D eigenvalue weighted by molar-refractivity contribution is -0.135. The summed E-state index contributed by atoms with van der Waals surface area (Å²) in [5.74, 6) is 1.46. The molecule has 0 aliphatic carbocycles. The van der Waals surface area contributed by atoms with Crippen LogP contribution in [0.1, 0.15) is 20.3 Å². The van der Waals surface area contributed by atoms with Crippen molar-refractivity contribution in [2.24, 2.45) is 5.92 Å². The molecule has 1 saturated heterocycles. The Morgan fingerprint density at radius 3 is 2.41 bits per heavy atom. The third kappa shape index (κ3) is 5.50. The van der Waals surface area contributed by atoms with Crippen molar-refractivity contribution in [3.63, 3.8) is 0 Å². The minimum atomic E-state index is 0.0541. The van der Waals surface area contributed by atoms with Gasteiger partial charge in [-0.05, 0) is 43.1 Å². The number of halogens is 1. The normalized spacial score (nSPS) is 16.1. The third-order valence-electron chi connectivity index (χ3n) is 3.92. The lowest BCUT2D eigenvalue weighted by atomic mass is 10.1. The first-order valence-electron chi connectivity index (χ1n) is 7.93. The molecular formula is C17H25ClN2O2. The minimum absolute atomic E-state index is 0.0541. The van der Waals surface area contributed by atoms with Gasteiger partial charge in [0, 0.05) is 31.2 Å². The van der Waals surface area contributed by atoms with Gasteiger partial charge in [0.15, 0.2) is 6.61 Å². The highest BCUT2D eigenvalue weighted by atomic mass is 35.5. The SMILES string of the molecule is CC(C)CCN1CCN(C(=O)COc2ccc(Cl)cc2)CC1. The smallest absolute Gasteiger partial charge is 0.260 e. The van der Waals surface area contributed by atoms with Crippen molar-refractivity contribution in [2.75, 3.05) is 39.3 Å². The standard InChI is InChI=1S/C17H25ClN2O2/c1-14(2)7-8-19-9-11-20(12-10-19)17(21)13-22-16-5-3-15(18)4-6-16/h3-6,14H,7-13H2,1-2H3. The molecule has 122 valence electrons. The van der Waals surface area contributed by atoms with E-state index in [1.807, 2.05) is 4.90 Å². The predicted octanol–water partition coefficient (Wildman–Crippen LogP) is 2.91. The molecule has 0 N–H and O–H groups in total. The van der Waals surface area contributed by atoms with Crippen LogP contribution in [0.4, 0.5) is 0 Å². The van der Waals surface area contributed by atoms with E-state index in [0.29, 0.717) is 10.8 Å². The third-order valence-corrected chi connectivity index (χ3v) is 4.18. The van der Waals surface area contributed by atoms with Gasteiger partial charge >= 0.3 is 0 Å². The number of rotatable bonds is 6. The van der Waals surface area contributed by atoms with Gasteiger partial charge in [0.05, 0.1) is 0 Å². The summed E-state index contributed by atoms with van der Waals surface area (Å²) in [5, 5.41) is 0.663. The molecule has 0 spiro atoms. The topological polar surface area (TPSA) is 32.8 Å². The molecule has 0 aromatic heterocycles. The molecular weight excluding hydrogens is 300 g/mol. The zero-order valence-corrected chi connectivity index (χ0v) is 14.2. The highest BCUT2D eigenvalue weighted by Crippen LogP contribution is 2.15. The molecule has 0 unspecified atom stereocenters. The van der Waals surface area contributed by atoms with Crippen molar-refractivity contribution in [1.82, 2.24) is 9.80 Å². The van der Waals surface area contributed by atoms with Gasteiger partial charge in [-0.25, -0.2) is 0 Å². The quantitative estimate of drug-likeness (QED) is 0.806. The molecule has 0 bridgehead atoms. The van der Waals surface area contributed by atoms with Crippen LogP contribution in [0.25, 0.3) is 0 Å². The highest BCUT2D eigenvalue weighted by molar-refractivity contribution is 6.30. The molecule has 1 aliphatic rings. The Morgan fingerprint density at radius 2 is 1.82 bits per heavy atom. The summed E-state index contributed by atoms with van der Waals surface area (Å²) < 4.78 is 5.52. The molecule has 0 radical (unpaired) electrons. The van der Waals surface area contributed by atoms with E-state index in [2.05, 4.69) is 18.7 Å². The van der Waals surface area contributed by atoms with Gasteiger partial charge < -0.3 is 9.64 Å². The van der Waals surface area contributed by atoms with E-state index in [9.17, 15) is 4.79 Å². The second kappa shape index (κ2) is 8.39. The van der Waals surface area contributed by atoms with Gasteiger partial charge in [-0.2, -0.15) is 0 Å². The van der Waals surface area contributed by atoms with Crippen LogP contribution in [0, 0.1) is 5.92 Å². The fourth-order valence-electron chi connectivity index (χ4n) is 2.43. The summed E-state index contributed by atoms with van der Waals surface area (Å²) >= 11 is 5.82. The minimum Gasteiger partial charge on any atom is -0.484 e. The van der Waals surface area contributed by atoms with Crippen molar-refractivity contribution in [3.05, 3.63) is 29.3 Å². The summed E-state index contributed by atoms with van der Waals surface area (Å²) in [5.41, 5.74) is 0. The fourth-order valence-corrected chi connectivity index (χ4v) is 2.55. The molecule has 2 rings (SSSR count). The van der Waals surface area contributed by atoms with Crippen LogP contribution in [0.3, 0.4) is 0 Å². The van der Waals surface area contributed by atoms with Crippen LogP contribution < -0.4 is 4.74 Å². The fraction of sp³-hybridized carbons (Fsp3) is 0.588. The lowest BCUT2D eigenvalue weighted by Crippen LogP contribution is -2.50. The Balaban J connectivity index is 1.69. The van der Waals surface area contributed by atoms with Crippen molar-refractivity contribution in [3.8, 4) is 5.75 Å². The average molecular weight is 325 g/mol. The monoisotopic (exact) mass is 324 g/mol. The van der Waals surface area contributed by atoms with Gasteiger partial charge in [0.2, 0.25) is 0 Å². The molecule has 0 saturated carbocycles. The van der Waals surface area contributed by atoms with E-state index < -0.39 is 0 Å². The van der Waals surface area contributed by atoms with Gasteiger partial charge in [-0.15, -0.1) is 0 Å². The van der Waals surface area contributed by atoms with E-state index in [1.54, 1.807) is 24.3 Å². The molecule has 1 aromatic carbocycles. The molecule has 1 aliphatic heterocycles. The highest BCUT2D eigenvalue weighted by Gasteiger charge is 2.21. The van der Waals surface area contributed by atoms with Crippen LogP contribution in [-0.2, 0) is 4.79 Å². The van der Waals surface area contributed by atoms with Crippen LogP contribution in [0.5, 0.6) is 5.75 Å². The van der Waals surface area contributed by atoms with E-state index in [4.69, 9.17) is 16.3 Å². The van der Waals surface area contributed by atoms with E-state index >= 15 is 0 Å². The number of nitrogens with zero attached hydrogens (tertiary/aromatic N) is 2. The molecule has 1 heterocycles. The Labute approximate surface area is 138 Å². The zero-order valence-electron chi connectivity index (χ0n) is 13.4. The molecule has 1 fully saturated rings. The summed E-state index contributed by atoms with van der Waals surface area (Å²) in [6, 6.07) is 7.07. The number of carbonyl (C=O) groups is 1. The summed E-state index contributed by atoms with van der Waals surface area (Å²) in [7, 11) is 0. The molecule has 5 heteroatoms. The first-order valence-corrected chi connectivity index (χ1v) is 8.31. The molecule has 1 aromatic rings. The van der Waals surface area contributed by atoms with E-state index in [0.717, 1.165) is 38.6 Å². The number of ether oxygens (including phenoxy) is 1. The van der Waals surface area contributed by atoms with Crippen molar-refractivity contribution in [2.45, 2.75) is 20.3 Å². The van der Waals surface area contributed by atoms with Crippen LogP contribution in [0.2, 0.25) is 5.02 Å². The van der Waals surface area contributed by atoms with Crippen LogP contribution in [-0.4, -0.2) is 55.0 Å². The van der Waals surface area contributed by atoms with Gasteiger partial charge in [-0.3, -0.25) is 9.69 Å². The van der Waals surface area contributed by atoms with E-state index in [-0.39, 0.29) is 12.5 Å². The number of amides is 1. The lowest BCUT2D eigenvalue weighted by Gasteiger charge is -2.35. The zero-order chi connectivity index (χ0) is 15.9. The summed E-state index contributed by atoms with van der Waals surface area (Å²) in [6.07, 6.45) is 1.22. The largest absolute Gasteiger partial charge is 0.484 e. The van der Waals surface area contributed by atoms with E-state index in [1.165, 1.54) is 6.42 Å². The van der Waals surface area contributed by atoms with Crippen molar-refractivity contribution in [1.29, 1.82) is 0 Å². The predicted molar refractivity (Wildman–Crippen MR) is 89.4 cm³/mol. The van der Waals surface area contributed by atoms with Gasteiger partial charge in [0.25, 0.3) is 5.91 Å². The van der Waals surface area contributed by atoms with Gasteiger partial charge in [0.1, 0.15) is 5.75 Å². The van der Waals surface area contributed by atoms with Crippen LogP contribution >= 0.6 is 11.6 Å². The second-order valence-electron chi connectivity index (χ2n) is 6.15. The number of benzene rings is 1. The second-order valence-corrected chi connectivity index (χ2v) is 6.58. The summed E-state index contributed by atoms with van der Waals surface area (Å²) in [6.45, 7) is 9.21. The Kier molecular flexibility index (Phi) is 6.52. The number of piperazine rings is 1. The Morgan fingerprint density at radius 1 is 1.18 bits per heavy atom. The number of carbonyl (C=O) groups excluding carboxylic acids is 1. The first-order chi connectivity index (χ1) is 10.5. The maximum absolute atomic E-state index is 12.2. The molecule has 4 nitrogen and oxygen atoms in total.